The van der Waals surface area contributed by atoms with Gasteiger partial charge in [-0.15, -0.1) is 11.6 Å². The Hall–Kier alpha value is 0.600. The first-order valence-corrected chi connectivity index (χ1v) is 6.32. The molecule has 0 aromatic carbocycles. The molecule has 0 rings (SSSR count). The lowest BCUT2D eigenvalue weighted by atomic mass is 10.3. The minimum absolute atomic E-state index is 0.612. The largest absolute Gasteiger partial charge is 0.379 e. The van der Waals surface area contributed by atoms with Gasteiger partial charge in [-0.3, -0.25) is 0 Å². The molecule has 0 aliphatic carbocycles. The fourth-order valence-corrected chi connectivity index (χ4v) is 1.79. The Morgan fingerprint density at radius 3 is 2.67 bits per heavy atom. The predicted octanol–water partition coefficient (Wildman–Crippen LogP) is 3.17. The van der Waals surface area contributed by atoms with E-state index in [9.17, 15) is 0 Å². The lowest BCUT2D eigenvalue weighted by Gasteiger charge is -2.01. The van der Waals surface area contributed by atoms with Crippen LogP contribution in [0.2, 0.25) is 0 Å². The highest BCUT2D eigenvalue weighted by Gasteiger charge is 1.89. The first-order chi connectivity index (χ1) is 5.91. The zero-order valence-electron chi connectivity index (χ0n) is 7.85. The van der Waals surface area contributed by atoms with Gasteiger partial charge in [-0.25, -0.2) is 0 Å². The van der Waals surface area contributed by atoms with Crippen molar-refractivity contribution in [3.63, 3.8) is 0 Å². The molecule has 0 saturated heterocycles. The van der Waals surface area contributed by atoms with Crippen molar-refractivity contribution in [1.82, 2.24) is 0 Å². The van der Waals surface area contributed by atoms with Crippen LogP contribution in [0, 0.1) is 0 Å². The van der Waals surface area contributed by atoms with Crippen LogP contribution in [0.4, 0.5) is 0 Å². The normalized spacial score (nSPS) is 10.5. The molecule has 0 saturated carbocycles. The number of unbranched alkanes of at least 4 members (excludes halogenated alkanes) is 2. The van der Waals surface area contributed by atoms with E-state index in [1.165, 1.54) is 25.0 Å². The van der Waals surface area contributed by atoms with Crippen LogP contribution in [-0.2, 0) is 4.74 Å². The average Bonchev–Trinajstić information content (AvgIpc) is 2.10. The van der Waals surface area contributed by atoms with Crippen LogP contribution in [0.5, 0.6) is 0 Å². The third-order valence-electron chi connectivity index (χ3n) is 1.49. The van der Waals surface area contributed by atoms with Gasteiger partial charge in [0.25, 0.3) is 0 Å². The van der Waals surface area contributed by atoms with E-state index in [1.807, 2.05) is 11.8 Å². The van der Waals surface area contributed by atoms with Gasteiger partial charge in [-0.05, 0) is 12.2 Å². The molecule has 0 fully saturated rings. The van der Waals surface area contributed by atoms with Gasteiger partial charge in [0, 0.05) is 11.6 Å². The summed E-state index contributed by atoms with van der Waals surface area (Å²) in [6.07, 6.45) is 4.01. The monoisotopic (exact) mass is 210 g/mol. The van der Waals surface area contributed by atoms with Crippen molar-refractivity contribution in [3.05, 3.63) is 0 Å². The maximum Gasteiger partial charge on any atom is 0.0602 e. The maximum absolute atomic E-state index is 5.45. The second-order valence-corrected chi connectivity index (χ2v) is 4.22. The Bertz CT molecular complexity index is 70.9. The fourth-order valence-electron chi connectivity index (χ4n) is 0.831. The van der Waals surface area contributed by atoms with Crippen LogP contribution in [0.1, 0.15) is 26.2 Å². The molecule has 0 aliphatic heterocycles. The number of rotatable bonds is 9. The Morgan fingerprint density at radius 2 is 2.00 bits per heavy atom. The van der Waals surface area contributed by atoms with Crippen LogP contribution in [0.15, 0.2) is 0 Å². The maximum atomic E-state index is 5.45. The average molecular weight is 211 g/mol. The van der Waals surface area contributed by atoms with Crippen molar-refractivity contribution in [1.29, 1.82) is 0 Å². The van der Waals surface area contributed by atoms with E-state index < -0.39 is 0 Å². The summed E-state index contributed by atoms with van der Waals surface area (Å²) >= 11 is 7.43. The van der Waals surface area contributed by atoms with Crippen molar-refractivity contribution < 1.29 is 4.74 Å². The number of hydrogen-bond acceptors (Lipinski definition) is 2. The number of alkyl halides is 1. The van der Waals surface area contributed by atoms with E-state index in [-0.39, 0.29) is 0 Å². The van der Waals surface area contributed by atoms with Crippen LogP contribution in [-0.4, -0.2) is 30.6 Å². The Balaban J connectivity index is 2.73. The van der Waals surface area contributed by atoms with Crippen LogP contribution < -0.4 is 0 Å². The van der Waals surface area contributed by atoms with Crippen molar-refractivity contribution in [2.45, 2.75) is 26.2 Å². The lowest BCUT2D eigenvalue weighted by Crippen LogP contribution is -2.00. The zero-order chi connectivity index (χ0) is 9.07. The number of halogens is 1. The molecule has 74 valence electrons. The Morgan fingerprint density at radius 1 is 1.17 bits per heavy atom. The molecule has 3 heteroatoms. The molecule has 0 aromatic heterocycles. The molecular weight excluding hydrogens is 192 g/mol. The van der Waals surface area contributed by atoms with Gasteiger partial charge in [0.1, 0.15) is 0 Å². The first kappa shape index (κ1) is 12.6. The van der Waals surface area contributed by atoms with Crippen LogP contribution in [0.3, 0.4) is 0 Å². The van der Waals surface area contributed by atoms with Crippen molar-refractivity contribution in [2.24, 2.45) is 0 Å². The molecule has 0 spiro atoms. The molecule has 0 bridgehead atoms. The summed E-state index contributed by atoms with van der Waals surface area (Å²) in [7, 11) is 0. The molecule has 0 amide bonds. The molecule has 1 nitrogen and oxygen atoms in total. The standard InChI is InChI=1S/C9H19ClOS/c1-2-3-4-8-12-9-7-11-6-5-10/h2-9H2,1H3. The Labute approximate surface area is 85.2 Å². The molecule has 0 N–H and O–H groups in total. The number of hydrogen-bond donors (Lipinski definition) is 0. The quantitative estimate of drug-likeness (QED) is 0.427. The molecule has 0 atom stereocenters. The topological polar surface area (TPSA) is 9.23 Å². The third-order valence-corrected chi connectivity index (χ3v) is 2.67. The lowest BCUT2D eigenvalue weighted by molar-refractivity contribution is 0.166. The van der Waals surface area contributed by atoms with Crippen molar-refractivity contribution in [2.75, 3.05) is 30.6 Å². The summed E-state index contributed by atoms with van der Waals surface area (Å²) in [6.45, 7) is 3.77. The smallest absolute Gasteiger partial charge is 0.0602 e. The predicted molar refractivity (Wildman–Crippen MR) is 58.4 cm³/mol. The summed E-state index contributed by atoms with van der Waals surface area (Å²) in [6, 6.07) is 0. The van der Waals surface area contributed by atoms with Crippen LogP contribution >= 0.6 is 23.4 Å². The molecule has 0 heterocycles. The van der Waals surface area contributed by atoms with Gasteiger partial charge in [0.2, 0.25) is 0 Å². The fraction of sp³-hybridized carbons (Fsp3) is 1.00. The van der Waals surface area contributed by atoms with E-state index in [0.717, 1.165) is 12.4 Å². The van der Waals surface area contributed by atoms with Crippen molar-refractivity contribution in [3.8, 4) is 0 Å². The Kier molecular flexibility index (Phi) is 12.2. The summed E-state index contributed by atoms with van der Waals surface area (Å²) in [4.78, 5) is 0. The first-order valence-electron chi connectivity index (χ1n) is 4.63. The van der Waals surface area contributed by atoms with Gasteiger partial charge in [0.15, 0.2) is 0 Å². The van der Waals surface area contributed by atoms with E-state index in [2.05, 4.69) is 6.92 Å². The highest BCUT2D eigenvalue weighted by molar-refractivity contribution is 7.99. The minimum Gasteiger partial charge on any atom is -0.379 e. The second kappa shape index (κ2) is 11.6. The van der Waals surface area contributed by atoms with E-state index in [4.69, 9.17) is 16.3 Å². The summed E-state index contributed by atoms with van der Waals surface area (Å²) in [5, 5.41) is 0. The van der Waals surface area contributed by atoms with E-state index in [1.54, 1.807) is 0 Å². The highest BCUT2D eigenvalue weighted by Crippen LogP contribution is 2.05. The van der Waals surface area contributed by atoms with Crippen LogP contribution in [0.25, 0.3) is 0 Å². The third kappa shape index (κ3) is 10.6. The van der Waals surface area contributed by atoms with Crippen molar-refractivity contribution >= 4 is 23.4 Å². The number of thioether (sulfide) groups is 1. The van der Waals surface area contributed by atoms with Gasteiger partial charge in [-0.1, -0.05) is 19.8 Å². The van der Waals surface area contributed by atoms with Gasteiger partial charge in [0.05, 0.1) is 13.2 Å². The number of ether oxygens (including phenoxy) is 1. The van der Waals surface area contributed by atoms with Gasteiger partial charge >= 0.3 is 0 Å². The van der Waals surface area contributed by atoms with Gasteiger partial charge in [-0.2, -0.15) is 11.8 Å². The molecular formula is C9H19ClOS. The summed E-state index contributed by atoms with van der Waals surface area (Å²) < 4.78 is 5.24. The summed E-state index contributed by atoms with van der Waals surface area (Å²) in [5.41, 5.74) is 0. The summed E-state index contributed by atoms with van der Waals surface area (Å²) in [5.74, 6) is 3.00. The zero-order valence-corrected chi connectivity index (χ0v) is 9.42. The van der Waals surface area contributed by atoms with E-state index in [0.29, 0.717) is 12.5 Å². The molecule has 0 aromatic rings. The van der Waals surface area contributed by atoms with E-state index >= 15 is 0 Å². The second-order valence-electron chi connectivity index (χ2n) is 2.62. The molecule has 12 heavy (non-hydrogen) atoms. The molecule has 0 unspecified atom stereocenters. The molecule has 0 aliphatic rings. The van der Waals surface area contributed by atoms with Gasteiger partial charge < -0.3 is 4.74 Å². The highest BCUT2D eigenvalue weighted by atomic mass is 35.5. The molecule has 0 radical (unpaired) electrons. The SMILES string of the molecule is CCCCCSCCOCCCl. The minimum atomic E-state index is 0.612.